The van der Waals surface area contributed by atoms with Crippen molar-refractivity contribution in [3.63, 3.8) is 0 Å². The van der Waals surface area contributed by atoms with Crippen LogP contribution in [0.1, 0.15) is 45.9 Å². The molecular formula is C27H34N4O4S. The SMILES string of the molecule is COc1ccc(-n2nc(C(C)(C)C)cc2NC(=O)CN(C(C)C)S(=O)(=O)/C=C/c2ccccc2)cc1. The van der Waals surface area contributed by atoms with Crippen molar-refractivity contribution in [2.75, 3.05) is 19.0 Å². The molecule has 36 heavy (non-hydrogen) atoms. The highest BCUT2D eigenvalue weighted by Crippen LogP contribution is 2.27. The van der Waals surface area contributed by atoms with Crippen LogP contribution in [0.3, 0.4) is 0 Å². The van der Waals surface area contributed by atoms with E-state index in [2.05, 4.69) is 5.32 Å². The predicted octanol–water partition coefficient (Wildman–Crippen LogP) is 4.83. The second-order valence-electron chi connectivity index (χ2n) is 9.72. The number of hydrogen-bond donors (Lipinski definition) is 1. The summed E-state index contributed by atoms with van der Waals surface area (Å²) in [5.41, 5.74) is 2.02. The van der Waals surface area contributed by atoms with Crippen molar-refractivity contribution in [3.05, 3.63) is 77.3 Å². The minimum Gasteiger partial charge on any atom is -0.497 e. The molecule has 1 heterocycles. The lowest BCUT2D eigenvalue weighted by Crippen LogP contribution is -2.41. The summed E-state index contributed by atoms with van der Waals surface area (Å²) in [6.45, 7) is 9.24. The molecule has 1 aromatic heterocycles. The Bertz CT molecular complexity index is 1310. The highest BCUT2D eigenvalue weighted by Gasteiger charge is 2.27. The van der Waals surface area contributed by atoms with Crippen LogP contribution in [0.15, 0.2) is 66.1 Å². The number of benzene rings is 2. The molecule has 0 bridgehead atoms. The summed E-state index contributed by atoms with van der Waals surface area (Å²) in [6, 6.07) is 17.8. The molecule has 0 saturated carbocycles. The predicted molar refractivity (Wildman–Crippen MR) is 144 cm³/mol. The van der Waals surface area contributed by atoms with Crippen LogP contribution in [-0.2, 0) is 20.2 Å². The largest absolute Gasteiger partial charge is 0.497 e. The van der Waals surface area contributed by atoms with E-state index < -0.39 is 22.0 Å². The molecule has 2 aromatic carbocycles. The molecule has 1 N–H and O–H groups in total. The van der Waals surface area contributed by atoms with Gasteiger partial charge in [-0.05, 0) is 49.8 Å². The molecule has 0 atom stereocenters. The van der Waals surface area contributed by atoms with Crippen molar-refractivity contribution >= 4 is 27.8 Å². The number of ether oxygens (including phenoxy) is 1. The normalized spacial score (nSPS) is 12.4. The van der Waals surface area contributed by atoms with Gasteiger partial charge >= 0.3 is 0 Å². The van der Waals surface area contributed by atoms with Crippen LogP contribution in [-0.4, -0.2) is 48.1 Å². The number of sulfonamides is 1. The molecule has 0 saturated heterocycles. The lowest BCUT2D eigenvalue weighted by Gasteiger charge is -2.23. The summed E-state index contributed by atoms with van der Waals surface area (Å²) in [7, 11) is -2.25. The maximum atomic E-state index is 13.1. The van der Waals surface area contributed by atoms with Gasteiger partial charge in [0.1, 0.15) is 11.6 Å². The summed E-state index contributed by atoms with van der Waals surface area (Å²) in [4.78, 5) is 13.1. The number of anilines is 1. The number of nitrogens with one attached hydrogen (secondary N) is 1. The Balaban J connectivity index is 1.86. The summed E-state index contributed by atoms with van der Waals surface area (Å²) in [6.07, 6.45) is 1.52. The van der Waals surface area contributed by atoms with Crippen molar-refractivity contribution in [1.82, 2.24) is 14.1 Å². The minimum absolute atomic E-state index is 0.257. The van der Waals surface area contributed by atoms with E-state index in [1.807, 2.05) is 81.4 Å². The van der Waals surface area contributed by atoms with Gasteiger partial charge in [-0.2, -0.15) is 9.40 Å². The van der Waals surface area contributed by atoms with Crippen LogP contribution in [0.5, 0.6) is 5.75 Å². The van der Waals surface area contributed by atoms with Crippen LogP contribution in [0.2, 0.25) is 0 Å². The smallest absolute Gasteiger partial charge is 0.240 e. The van der Waals surface area contributed by atoms with Crippen LogP contribution in [0, 0.1) is 0 Å². The first-order valence-corrected chi connectivity index (χ1v) is 13.2. The van der Waals surface area contributed by atoms with E-state index in [0.717, 1.165) is 22.4 Å². The van der Waals surface area contributed by atoms with Gasteiger partial charge in [0, 0.05) is 22.9 Å². The Morgan fingerprint density at radius 3 is 2.31 bits per heavy atom. The van der Waals surface area contributed by atoms with Gasteiger partial charge in [-0.15, -0.1) is 0 Å². The first-order valence-electron chi connectivity index (χ1n) is 11.7. The lowest BCUT2D eigenvalue weighted by molar-refractivity contribution is -0.116. The van der Waals surface area contributed by atoms with Crippen molar-refractivity contribution in [2.45, 2.75) is 46.1 Å². The average Bonchev–Trinajstić information content (AvgIpc) is 3.26. The zero-order valence-corrected chi connectivity index (χ0v) is 22.4. The average molecular weight is 511 g/mol. The van der Waals surface area contributed by atoms with Crippen molar-refractivity contribution in [2.24, 2.45) is 0 Å². The fourth-order valence-electron chi connectivity index (χ4n) is 3.45. The molecule has 0 spiro atoms. The molecule has 3 rings (SSSR count). The van der Waals surface area contributed by atoms with Crippen molar-refractivity contribution in [1.29, 1.82) is 0 Å². The third kappa shape index (κ3) is 6.83. The second kappa shape index (κ2) is 11.1. The first kappa shape index (κ1) is 27.2. The van der Waals surface area contributed by atoms with Crippen molar-refractivity contribution < 1.29 is 17.9 Å². The number of carbonyl (C=O) groups excluding carboxylic acids is 1. The van der Waals surface area contributed by atoms with E-state index in [4.69, 9.17) is 9.84 Å². The Morgan fingerprint density at radius 2 is 1.75 bits per heavy atom. The quantitative estimate of drug-likeness (QED) is 0.445. The van der Waals surface area contributed by atoms with Gasteiger partial charge in [0.15, 0.2) is 0 Å². The minimum atomic E-state index is -3.84. The van der Waals surface area contributed by atoms with Crippen LogP contribution in [0.4, 0.5) is 5.82 Å². The zero-order valence-electron chi connectivity index (χ0n) is 21.6. The van der Waals surface area contributed by atoms with E-state index in [9.17, 15) is 13.2 Å². The van der Waals surface area contributed by atoms with E-state index in [0.29, 0.717) is 11.6 Å². The van der Waals surface area contributed by atoms with Crippen LogP contribution < -0.4 is 10.1 Å². The zero-order chi connectivity index (χ0) is 26.5. The standard InChI is InChI=1S/C27H34N4O4S/c1-20(2)30(36(33,34)17-16-21-10-8-7-9-11-21)19-26(32)28-25-18-24(27(3,4)5)29-31(25)22-12-14-23(35-6)15-13-22/h7-18,20H,19H2,1-6H3,(H,28,32)/b17-16+. The molecule has 8 nitrogen and oxygen atoms in total. The van der Waals surface area contributed by atoms with Crippen molar-refractivity contribution in [3.8, 4) is 11.4 Å². The third-order valence-electron chi connectivity index (χ3n) is 5.50. The summed E-state index contributed by atoms with van der Waals surface area (Å²) in [5, 5.41) is 8.70. The molecule has 0 aliphatic heterocycles. The number of rotatable bonds is 9. The van der Waals surface area contributed by atoms with E-state index in [-0.39, 0.29) is 12.0 Å². The molecule has 192 valence electrons. The summed E-state index contributed by atoms with van der Waals surface area (Å²) < 4.78 is 34.1. The Labute approximate surface area is 213 Å². The Kier molecular flexibility index (Phi) is 8.37. The molecule has 0 unspecified atom stereocenters. The fraction of sp³-hybridized carbons (Fsp3) is 0.333. The first-order chi connectivity index (χ1) is 16.9. The number of methoxy groups -OCH3 is 1. The van der Waals surface area contributed by atoms with Gasteiger partial charge in [-0.1, -0.05) is 51.1 Å². The number of aromatic nitrogens is 2. The monoisotopic (exact) mass is 510 g/mol. The third-order valence-corrected chi connectivity index (χ3v) is 7.18. The number of amides is 1. The molecule has 0 radical (unpaired) electrons. The van der Waals surface area contributed by atoms with E-state index in [1.165, 1.54) is 10.4 Å². The van der Waals surface area contributed by atoms with Gasteiger partial charge in [0.05, 0.1) is 25.0 Å². The van der Waals surface area contributed by atoms with E-state index in [1.54, 1.807) is 25.6 Å². The Hall–Kier alpha value is -3.43. The highest BCUT2D eigenvalue weighted by molar-refractivity contribution is 7.92. The van der Waals surface area contributed by atoms with Gasteiger partial charge in [-0.3, -0.25) is 4.79 Å². The molecule has 3 aromatic rings. The molecule has 1 amide bonds. The maximum absolute atomic E-state index is 13.1. The van der Waals surface area contributed by atoms with Gasteiger partial charge in [0.25, 0.3) is 0 Å². The van der Waals surface area contributed by atoms with Gasteiger partial charge < -0.3 is 10.1 Å². The Morgan fingerprint density at radius 1 is 1.11 bits per heavy atom. The molecular weight excluding hydrogens is 476 g/mol. The molecule has 0 fully saturated rings. The molecule has 0 aliphatic rings. The summed E-state index contributed by atoms with van der Waals surface area (Å²) >= 11 is 0. The van der Waals surface area contributed by atoms with Crippen LogP contribution in [0.25, 0.3) is 11.8 Å². The topological polar surface area (TPSA) is 93.5 Å². The highest BCUT2D eigenvalue weighted by atomic mass is 32.2. The fourth-order valence-corrected chi connectivity index (χ4v) is 4.82. The molecule has 9 heteroatoms. The maximum Gasteiger partial charge on any atom is 0.240 e. The lowest BCUT2D eigenvalue weighted by atomic mass is 9.92. The van der Waals surface area contributed by atoms with Crippen LogP contribution >= 0.6 is 0 Å². The van der Waals surface area contributed by atoms with Gasteiger partial charge in [-0.25, -0.2) is 13.1 Å². The molecule has 0 aliphatic carbocycles. The number of hydrogen-bond acceptors (Lipinski definition) is 5. The van der Waals surface area contributed by atoms with E-state index >= 15 is 0 Å². The van der Waals surface area contributed by atoms with Gasteiger partial charge in [0.2, 0.25) is 15.9 Å². The number of nitrogens with zero attached hydrogens (tertiary/aromatic N) is 3. The second-order valence-corrected chi connectivity index (χ2v) is 11.5. The summed E-state index contributed by atoms with van der Waals surface area (Å²) in [5.74, 6) is 0.695. The number of carbonyl (C=O) groups is 1.